The molecular weight excluding hydrogens is 296 g/mol. The summed E-state index contributed by atoms with van der Waals surface area (Å²) in [5, 5.41) is 28.6. The standard InChI is InChI=1S/C18H28O5/c1-2-3-4-7-13(19)10-11-15-14(16(20)12-17(15)21)8-5-6-9-18(22)23/h3-4,10-11,13-15,17,19,21H,2,5-9,12H2,1H3,(H,22,23)/b4-3-,11-10+/t13-,14-,15+,17+/m0/s1. The normalized spacial score (nSPS) is 26.4. The van der Waals surface area contributed by atoms with Gasteiger partial charge in [-0.3, -0.25) is 9.59 Å². The Morgan fingerprint density at radius 3 is 2.74 bits per heavy atom. The second-order valence-electron chi connectivity index (χ2n) is 6.13. The van der Waals surface area contributed by atoms with Crippen LogP contribution in [0.4, 0.5) is 0 Å². The van der Waals surface area contributed by atoms with Crippen molar-refractivity contribution in [2.75, 3.05) is 0 Å². The molecule has 0 saturated heterocycles. The highest BCUT2D eigenvalue weighted by Crippen LogP contribution is 2.34. The van der Waals surface area contributed by atoms with Gasteiger partial charge in [0.15, 0.2) is 0 Å². The Bertz CT molecular complexity index is 441. The van der Waals surface area contributed by atoms with Crippen LogP contribution in [0.25, 0.3) is 0 Å². The van der Waals surface area contributed by atoms with Crippen LogP contribution >= 0.6 is 0 Å². The van der Waals surface area contributed by atoms with E-state index in [4.69, 9.17) is 5.11 Å². The molecule has 0 bridgehead atoms. The van der Waals surface area contributed by atoms with Gasteiger partial charge in [-0.2, -0.15) is 0 Å². The zero-order valence-corrected chi connectivity index (χ0v) is 13.7. The number of carboxylic acids is 1. The first-order chi connectivity index (χ1) is 11.0. The lowest BCUT2D eigenvalue weighted by atomic mass is 9.88. The Morgan fingerprint density at radius 2 is 2.09 bits per heavy atom. The summed E-state index contributed by atoms with van der Waals surface area (Å²) >= 11 is 0. The lowest BCUT2D eigenvalue weighted by Gasteiger charge is -2.17. The van der Waals surface area contributed by atoms with E-state index in [0.717, 1.165) is 6.42 Å². The molecule has 23 heavy (non-hydrogen) atoms. The van der Waals surface area contributed by atoms with Gasteiger partial charge in [0.1, 0.15) is 5.78 Å². The number of Topliss-reactive ketones (excluding diaryl/α,β-unsaturated/α-hetero) is 1. The third-order valence-corrected chi connectivity index (χ3v) is 4.22. The smallest absolute Gasteiger partial charge is 0.303 e. The van der Waals surface area contributed by atoms with Gasteiger partial charge < -0.3 is 15.3 Å². The van der Waals surface area contributed by atoms with Crippen LogP contribution in [0.3, 0.4) is 0 Å². The molecule has 0 aliphatic heterocycles. The molecule has 0 radical (unpaired) electrons. The van der Waals surface area contributed by atoms with Gasteiger partial charge in [0, 0.05) is 24.7 Å². The Labute approximate surface area is 137 Å². The zero-order valence-electron chi connectivity index (χ0n) is 13.7. The highest BCUT2D eigenvalue weighted by Gasteiger charge is 2.39. The van der Waals surface area contributed by atoms with E-state index in [1.54, 1.807) is 12.2 Å². The van der Waals surface area contributed by atoms with E-state index < -0.39 is 18.2 Å². The molecule has 0 spiro atoms. The number of rotatable bonds is 10. The van der Waals surface area contributed by atoms with E-state index in [1.807, 2.05) is 19.1 Å². The number of hydrogen-bond donors (Lipinski definition) is 3. The molecule has 0 aromatic carbocycles. The molecule has 4 atom stereocenters. The molecular formula is C18H28O5. The number of unbranched alkanes of at least 4 members (excludes halogenated alkanes) is 1. The van der Waals surface area contributed by atoms with Crippen molar-refractivity contribution in [1.29, 1.82) is 0 Å². The van der Waals surface area contributed by atoms with Gasteiger partial charge in [-0.1, -0.05) is 37.6 Å². The van der Waals surface area contributed by atoms with Crippen molar-refractivity contribution in [1.82, 2.24) is 0 Å². The minimum atomic E-state index is -0.831. The average Bonchev–Trinajstić information content (AvgIpc) is 2.75. The van der Waals surface area contributed by atoms with Crippen LogP contribution in [-0.2, 0) is 9.59 Å². The number of carboxylic acid groups (broad SMARTS) is 1. The van der Waals surface area contributed by atoms with Gasteiger partial charge in [0.05, 0.1) is 12.2 Å². The van der Waals surface area contributed by atoms with E-state index in [0.29, 0.717) is 25.7 Å². The average molecular weight is 324 g/mol. The zero-order chi connectivity index (χ0) is 17.2. The maximum Gasteiger partial charge on any atom is 0.303 e. The molecule has 0 amide bonds. The highest BCUT2D eigenvalue weighted by molar-refractivity contribution is 5.84. The second-order valence-corrected chi connectivity index (χ2v) is 6.13. The number of allylic oxidation sites excluding steroid dienone is 1. The molecule has 1 aliphatic carbocycles. The van der Waals surface area contributed by atoms with Gasteiger partial charge in [0.25, 0.3) is 0 Å². The number of carbonyl (C=O) groups excluding carboxylic acids is 1. The summed E-state index contributed by atoms with van der Waals surface area (Å²) in [6, 6.07) is 0. The van der Waals surface area contributed by atoms with E-state index in [2.05, 4.69) is 0 Å². The third-order valence-electron chi connectivity index (χ3n) is 4.22. The van der Waals surface area contributed by atoms with Crippen LogP contribution < -0.4 is 0 Å². The molecule has 5 heteroatoms. The summed E-state index contributed by atoms with van der Waals surface area (Å²) < 4.78 is 0. The molecule has 1 saturated carbocycles. The lowest BCUT2D eigenvalue weighted by molar-refractivity contribution is -0.137. The Balaban J connectivity index is 2.53. The maximum absolute atomic E-state index is 12.0. The quantitative estimate of drug-likeness (QED) is 0.424. The summed E-state index contributed by atoms with van der Waals surface area (Å²) in [6.07, 6.45) is 9.44. The minimum absolute atomic E-state index is 0.0304. The largest absolute Gasteiger partial charge is 0.481 e. The van der Waals surface area contributed by atoms with Gasteiger partial charge in [0.2, 0.25) is 0 Å². The van der Waals surface area contributed by atoms with Crippen LogP contribution in [0, 0.1) is 11.8 Å². The number of carbonyl (C=O) groups is 2. The lowest BCUT2D eigenvalue weighted by Crippen LogP contribution is -2.19. The number of aliphatic hydroxyl groups excluding tert-OH is 2. The van der Waals surface area contributed by atoms with Crippen molar-refractivity contribution in [2.24, 2.45) is 11.8 Å². The van der Waals surface area contributed by atoms with Crippen molar-refractivity contribution in [3.8, 4) is 0 Å². The van der Waals surface area contributed by atoms with Crippen LogP contribution in [0.15, 0.2) is 24.3 Å². The molecule has 0 aromatic rings. The van der Waals surface area contributed by atoms with Gasteiger partial charge in [-0.15, -0.1) is 0 Å². The van der Waals surface area contributed by atoms with Crippen molar-refractivity contribution in [2.45, 2.75) is 64.1 Å². The summed E-state index contributed by atoms with van der Waals surface area (Å²) in [7, 11) is 0. The molecule has 0 heterocycles. The molecule has 0 unspecified atom stereocenters. The molecule has 5 nitrogen and oxygen atoms in total. The molecule has 3 N–H and O–H groups in total. The van der Waals surface area contributed by atoms with Crippen LogP contribution in [0.2, 0.25) is 0 Å². The van der Waals surface area contributed by atoms with Crippen molar-refractivity contribution < 1.29 is 24.9 Å². The molecule has 1 fully saturated rings. The van der Waals surface area contributed by atoms with E-state index in [-0.39, 0.29) is 30.5 Å². The molecule has 0 aromatic heterocycles. The number of ketones is 1. The first-order valence-corrected chi connectivity index (χ1v) is 8.39. The molecule has 1 rings (SSSR count). The monoisotopic (exact) mass is 324 g/mol. The first kappa shape index (κ1) is 19.6. The van der Waals surface area contributed by atoms with Gasteiger partial charge in [-0.25, -0.2) is 0 Å². The summed E-state index contributed by atoms with van der Waals surface area (Å²) in [6.45, 7) is 2.02. The van der Waals surface area contributed by atoms with Crippen molar-refractivity contribution >= 4 is 11.8 Å². The van der Waals surface area contributed by atoms with Crippen molar-refractivity contribution in [3.05, 3.63) is 24.3 Å². The molecule has 1 aliphatic rings. The maximum atomic E-state index is 12.0. The molecule has 130 valence electrons. The Morgan fingerprint density at radius 1 is 1.35 bits per heavy atom. The Kier molecular flexibility index (Phi) is 8.81. The predicted molar refractivity (Wildman–Crippen MR) is 87.9 cm³/mol. The number of hydrogen-bond acceptors (Lipinski definition) is 4. The summed E-state index contributed by atoms with van der Waals surface area (Å²) in [5.74, 6) is -1.35. The summed E-state index contributed by atoms with van der Waals surface area (Å²) in [5.41, 5.74) is 0. The fraction of sp³-hybridized carbons (Fsp3) is 0.667. The van der Waals surface area contributed by atoms with Crippen LogP contribution in [0.5, 0.6) is 0 Å². The fourth-order valence-corrected chi connectivity index (χ4v) is 2.97. The van der Waals surface area contributed by atoms with Gasteiger partial charge in [-0.05, 0) is 25.7 Å². The minimum Gasteiger partial charge on any atom is -0.481 e. The SMILES string of the molecule is CC/C=C\C[C@H](O)/C=C/[C@H]1[C@H](O)CC(=O)[C@H]1CCCCC(=O)O. The van der Waals surface area contributed by atoms with Gasteiger partial charge >= 0.3 is 5.97 Å². The first-order valence-electron chi connectivity index (χ1n) is 8.39. The highest BCUT2D eigenvalue weighted by atomic mass is 16.4. The Hall–Kier alpha value is -1.46. The topological polar surface area (TPSA) is 94.8 Å². The fourth-order valence-electron chi connectivity index (χ4n) is 2.97. The third kappa shape index (κ3) is 7.10. The van der Waals surface area contributed by atoms with Crippen LogP contribution in [0.1, 0.15) is 51.9 Å². The summed E-state index contributed by atoms with van der Waals surface area (Å²) in [4.78, 5) is 22.5. The van der Waals surface area contributed by atoms with E-state index >= 15 is 0 Å². The van der Waals surface area contributed by atoms with Crippen LogP contribution in [-0.4, -0.2) is 39.3 Å². The predicted octanol–water partition coefficient (Wildman–Crippen LogP) is 2.47. The van der Waals surface area contributed by atoms with E-state index in [9.17, 15) is 19.8 Å². The number of aliphatic hydroxyl groups is 2. The second kappa shape index (κ2) is 10.3. The van der Waals surface area contributed by atoms with E-state index in [1.165, 1.54) is 0 Å². The van der Waals surface area contributed by atoms with Crippen molar-refractivity contribution in [3.63, 3.8) is 0 Å². The number of aliphatic carboxylic acids is 1.